The lowest BCUT2D eigenvalue weighted by Gasteiger charge is -2.58. The van der Waals surface area contributed by atoms with Gasteiger partial charge in [0.25, 0.3) is 0 Å². The molecular weight excluding hydrogens is 294 g/mol. The fourth-order valence-corrected chi connectivity index (χ4v) is 6.92. The predicted octanol–water partition coefficient (Wildman–Crippen LogP) is 3.60. The molecular formula is C21H29N3. The highest BCUT2D eigenvalue weighted by Gasteiger charge is 2.58. The number of benzene rings is 1. The molecule has 24 heavy (non-hydrogen) atoms. The number of aliphatic imine (C=N–C) groups is 1. The zero-order valence-corrected chi connectivity index (χ0v) is 14.7. The average molecular weight is 323 g/mol. The molecule has 1 aliphatic heterocycles. The van der Waals surface area contributed by atoms with E-state index < -0.39 is 0 Å². The maximum atomic E-state index is 6.37. The first-order valence-corrected chi connectivity index (χ1v) is 9.85. The Labute approximate surface area is 145 Å². The molecule has 1 heterocycles. The second kappa shape index (κ2) is 5.24. The number of rotatable bonds is 3. The second-order valence-electron chi connectivity index (χ2n) is 8.73. The van der Waals surface area contributed by atoms with E-state index in [9.17, 15) is 0 Å². The van der Waals surface area contributed by atoms with E-state index in [1.807, 2.05) is 0 Å². The van der Waals surface area contributed by atoms with Crippen LogP contribution in [0.5, 0.6) is 0 Å². The standard InChI is InChI=1S/C21H29N3/c1-2-24-13-21(23-20(24)22,18-6-4-3-5-7-18)19-16-9-14-8-15(11-16)12-17(19)10-14/h3-7,14-17,19H,2,8-13H2,1H3,(H2,22,23). The summed E-state index contributed by atoms with van der Waals surface area (Å²) < 4.78 is 0. The van der Waals surface area contributed by atoms with Crippen molar-refractivity contribution in [1.82, 2.24) is 4.90 Å². The summed E-state index contributed by atoms with van der Waals surface area (Å²) in [4.78, 5) is 7.50. The average Bonchev–Trinajstić information content (AvgIpc) is 2.92. The van der Waals surface area contributed by atoms with Gasteiger partial charge in [0.1, 0.15) is 5.54 Å². The lowest BCUT2D eigenvalue weighted by molar-refractivity contribution is -0.0709. The van der Waals surface area contributed by atoms with Crippen LogP contribution >= 0.6 is 0 Å². The zero-order chi connectivity index (χ0) is 16.3. The van der Waals surface area contributed by atoms with Crippen molar-refractivity contribution in [3.8, 4) is 0 Å². The molecule has 5 aliphatic rings. The third-order valence-corrected chi connectivity index (χ3v) is 7.50. The Hall–Kier alpha value is -1.51. The summed E-state index contributed by atoms with van der Waals surface area (Å²) in [6, 6.07) is 11.1. The van der Waals surface area contributed by atoms with Gasteiger partial charge in [-0.15, -0.1) is 0 Å². The minimum Gasteiger partial charge on any atom is -0.370 e. The zero-order valence-electron chi connectivity index (χ0n) is 14.7. The van der Waals surface area contributed by atoms with E-state index in [-0.39, 0.29) is 5.54 Å². The van der Waals surface area contributed by atoms with Crippen molar-refractivity contribution in [2.24, 2.45) is 40.3 Å². The van der Waals surface area contributed by atoms with Gasteiger partial charge in [0.2, 0.25) is 0 Å². The molecule has 0 radical (unpaired) electrons. The molecule has 4 fully saturated rings. The molecule has 0 spiro atoms. The molecule has 128 valence electrons. The van der Waals surface area contributed by atoms with E-state index in [0.29, 0.717) is 5.92 Å². The van der Waals surface area contributed by atoms with E-state index in [1.165, 1.54) is 37.7 Å². The van der Waals surface area contributed by atoms with Crippen LogP contribution in [0.1, 0.15) is 44.6 Å². The Morgan fingerprint density at radius 1 is 1.04 bits per heavy atom. The van der Waals surface area contributed by atoms with Gasteiger partial charge in [0.15, 0.2) is 5.96 Å². The van der Waals surface area contributed by atoms with E-state index in [1.54, 1.807) is 0 Å². The summed E-state index contributed by atoms with van der Waals surface area (Å²) in [6.45, 7) is 4.13. The summed E-state index contributed by atoms with van der Waals surface area (Å²) in [7, 11) is 0. The van der Waals surface area contributed by atoms with Crippen molar-refractivity contribution in [1.29, 1.82) is 0 Å². The lowest BCUT2D eigenvalue weighted by Crippen LogP contribution is -2.54. The van der Waals surface area contributed by atoms with Crippen molar-refractivity contribution < 1.29 is 0 Å². The number of nitrogens with two attached hydrogens (primary N) is 1. The van der Waals surface area contributed by atoms with Crippen LogP contribution in [0.2, 0.25) is 0 Å². The third kappa shape index (κ3) is 1.99. The molecule has 1 unspecified atom stereocenters. The van der Waals surface area contributed by atoms with E-state index in [2.05, 4.69) is 42.2 Å². The molecule has 1 aromatic rings. The van der Waals surface area contributed by atoms with E-state index >= 15 is 0 Å². The van der Waals surface area contributed by atoms with Crippen LogP contribution in [-0.2, 0) is 5.54 Å². The first-order valence-electron chi connectivity index (χ1n) is 9.85. The largest absolute Gasteiger partial charge is 0.370 e. The van der Waals surface area contributed by atoms with Gasteiger partial charge < -0.3 is 10.6 Å². The van der Waals surface area contributed by atoms with Crippen molar-refractivity contribution in [3.05, 3.63) is 35.9 Å². The SMILES string of the molecule is CCN1CC(c2ccccc2)(C2C3CC4CC(C3)CC2C4)N=C1N. The monoisotopic (exact) mass is 323 g/mol. The summed E-state index contributed by atoms with van der Waals surface area (Å²) in [5.74, 6) is 5.16. The Bertz CT molecular complexity index is 624. The molecule has 4 saturated carbocycles. The maximum Gasteiger partial charge on any atom is 0.192 e. The van der Waals surface area contributed by atoms with Crippen molar-refractivity contribution in [3.63, 3.8) is 0 Å². The molecule has 4 aliphatic carbocycles. The van der Waals surface area contributed by atoms with E-state index in [0.717, 1.165) is 42.7 Å². The van der Waals surface area contributed by atoms with Gasteiger partial charge in [-0.2, -0.15) is 0 Å². The maximum absolute atomic E-state index is 6.37. The molecule has 2 N–H and O–H groups in total. The van der Waals surface area contributed by atoms with Crippen molar-refractivity contribution >= 4 is 5.96 Å². The lowest BCUT2D eigenvalue weighted by atomic mass is 9.47. The van der Waals surface area contributed by atoms with Gasteiger partial charge >= 0.3 is 0 Å². The topological polar surface area (TPSA) is 41.6 Å². The van der Waals surface area contributed by atoms with Crippen LogP contribution < -0.4 is 5.73 Å². The van der Waals surface area contributed by atoms with Crippen LogP contribution in [0, 0.1) is 29.6 Å². The molecule has 3 heteroatoms. The first kappa shape index (κ1) is 14.8. The minimum atomic E-state index is -0.107. The van der Waals surface area contributed by atoms with Crippen LogP contribution in [0.4, 0.5) is 0 Å². The highest BCUT2D eigenvalue weighted by molar-refractivity contribution is 5.81. The summed E-state index contributed by atoms with van der Waals surface area (Å²) >= 11 is 0. The molecule has 0 aromatic heterocycles. The van der Waals surface area contributed by atoms with Gasteiger partial charge in [-0.05, 0) is 74.2 Å². The number of guanidine groups is 1. The number of nitrogens with zero attached hydrogens (tertiary/aromatic N) is 2. The Morgan fingerprint density at radius 2 is 1.67 bits per heavy atom. The summed E-state index contributed by atoms with van der Waals surface area (Å²) in [5.41, 5.74) is 7.65. The summed E-state index contributed by atoms with van der Waals surface area (Å²) in [6.07, 6.45) is 7.26. The minimum absolute atomic E-state index is 0.107. The molecule has 4 bridgehead atoms. The Balaban J connectivity index is 1.61. The van der Waals surface area contributed by atoms with Crippen molar-refractivity contribution in [2.45, 2.75) is 44.6 Å². The van der Waals surface area contributed by atoms with Gasteiger partial charge in [-0.25, -0.2) is 4.99 Å². The predicted molar refractivity (Wildman–Crippen MR) is 97.5 cm³/mol. The fourth-order valence-electron chi connectivity index (χ4n) is 6.92. The molecule has 6 rings (SSSR count). The highest BCUT2D eigenvalue weighted by Crippen LogP contribution is 2.62. The molecule has 1 atom stereocenters. The van der Waals surface area contributed by atoms with Crippen LogP contribution in [-0.4, -0.2) is 23.9 Å². The normalized spacial score (nSPS) is 43.3. The molecule has 3 nitrogen and oxygen atoms in total. The molecule has 0 saturated heterocycles. The van der Waals surface area contributed by atoms with Gasteiger partial charge in [0.05, 0.1) is 6.54 Å². The fraction of sp³-hybridized carbons (Fsp3) is 0.667. The van der Waals surface area contributed by atoms with Crippen LogP contribution in [0.15, 0.2) is 35.3 Å². The van der Waals surface area contributed by atoms with Crippen LogP contribution in [0.3, 0.4) is 0 Å². The van der Waals surface area contributed by atoms with Gasteiger partial charge in [-0.3, -0.25) is 0 Å². The number of hydrogen-bond acceptors (Lipinski definition) is 3. The highest BCUT2D eigenvalue weighted by atomic mass is 15.3. The second-order valence-corrected chi connectivity index (χ2v) is 8.73. The smallest absolute Gasteiger partial charge is 0.192 e. The van der Waals surface area contributed by atoms with E-state index in [4.69, 9.17) is 10.7 Å². The number of likely N-dealkylation sites (N-methyl/N-ethyl adjacent to an activating group) is 1. The van der Waals surface area contributed by atoms with Gasteiger partial charge in [0, 0.05) is 6.54 Å². The third-order valence-electron chi connectivity index (χ3n) is 7.50. The van der Waals surface area contributed by atoms with Gasteiger partial charge in [-0.1, -0.05) is 30.3 Å². The quantitative estimate of drug-likeness (QED) is 0.923. The Kier molecular flexibility index (Phi) is 3.23. The molecule has 1 aromatic carbocycles. The Morgan fingerprint density at radius 3 is 2.21 bits per heavy atom. The first-order chi connectivity index (χ1) is 11.7. The summed E-state index contributed by atoms with van der Waals surface area (Å²) in [5, 5.41) is 0. The number of hydrogen-bond donors (Lipinski definition) is 1. The van der Waals surface area contributed by atoms with Crippen molar-refractivity contribution in [2.75, 3.05) is 13.1 Å². The van der Waals surface area contributed by atoms with Crippen LogP contribution in [0.25, 0.3) is 0 Å². The molecule has 0 amide bonds.